The van der Waals surface area contributed by atoms with Crippen LogP contribution in [0.1, 0.15) is 27.3 Å². The summed E-state index contributed by atoms with van der Waals surface area (Å²) in [6.45, 7) is 5.60. The first-order chi connectivity index (χ1) is 14.6. The van der Waals surface area contributed by atoms with Crippen LogP contribution in [-0.4, -0.2) is 42.7 Å². The second-order valence-electron chi connectivity index (χ2n) is 7.39. The maximum atomic E-state index is 12.7. The molecule has 9 heteroatoms. The third-order valence-electron chi connectivity index (χ3n) is 4.62. The number of rotatable bonds is 6. The van der Waals surface area contributed by atoms with E-state index in [0.29, 0.717) is 17.2 Å². The van der Waals surface area contributed by atoms with Crippen molar-refractivity contribution in [2.75, 3.05) is 24.7 Å². The van der Waals surface area contributed by atoms with Crippen LogP contribution in [0.2, 0.25) is 0 Å². The Morgan fingerprint density at radius 3 is 2.10 bits per heavy atom. The van der Waals surface area contributed by atoms with Gasteiger partial charge in [0.15, 0.2) is 0 Å². The highest BCUT2D eigenvalue weighted by Crippen LogP contribution is 2.23. The molecule has 31 heavy (non-hydrogen) atoms. The molecule has 162 valence electrons. The van der Waals surface area contributed by atoms with Crippen LogP contribution in [0, 0.1) is 20.8 Å². The number of sulfonamides is 1. The fourth-order valence-electron chi connectivity index (χ4n) is 2.92. The summed E-state index contributed by atoms with van der Waals surface area (Å²) in [5.74, 6) is 0.154. The predicted octanol–water partition coefficient (Wildman–Crippen LogP) is 3.65. The Bertz CT molecular complexity index is 1200. The number of benzene rings is 2. The van der Waals surface area contributed by atoms with E-state index < -0.39 is 10.0 Å². The molecule has 0 aliphatic carbocycles. The third kappa shape index (κ3) is 5.25. The quantitative estimate of drug-likeness (QED) is 0.608. The topological polar surface area (TPSA) is 104 Å². The molecule has 0 saturated heterocycles. The molecule has 8 nitrogen and oxygen atoms in total. The zero-order chi connectivity index (χ0) is 22.8. The lowest BCUT2D eigenvalue weighted by atomic mass is 10.1. The highest BCUT2D eigenvalue weighted by atomic mass is 32.2. The Hall–Kier alpha value is -3.30. The summed E-state index contributed by atoms with van der Waals surface area (Å²) in [5, 5.41) is 5.91. The Balaban J connectivity index is 1.77. The van der Waals surface area contributed by atoms with Crippen molar-refractivity contribution >= 4 is 33.3 Å². The molecule has 3 aromatic rings. The SMILES string of the molecule is Cc1cc(C)nc(Nc2ccc(C(=O)Nc3cc(S(=O)(=O)N(C)C)ccc3C)cc2)n1. The third-order valence-corrected chi connectivity index (χ3v) is 6.43. The highest BCUT2D eigenvalue weighted by Gasteiger charge is 2.19. The highest BCUT2D eigenvalue weighted by molar-refractivity contribution is 7.89. The smallest absolute Gasteiger partial charge is 0.255 e. The number of aryl methyl sites for hydroxylation is 3. The Morgan fingerprint density at radius 1 is 0.903 bits per heavy atom. The molecule has 1 heterocycles. The molecular weight excluding hydrogens is 414 g/mol. The van der Waals surface area contributed by atoms with E-state index in [9.17, 15) is 13.2 Å². The van der Waals surface area contributed by atoms with Crippen LogP contribution in [0.3, 0.4) is 0 Å². The lowest BCUT2D eigenvalue weighted by Crippen LogP contribution is -2.22. The van der Waals surface area contributed by atoms with E-state index >= 15 is 0 Å². The fraction of sp³-hybridized carbons (Fsp3) is 0.227. The van der Waals surface area contributed by atoms with Crippen LogP contribution in [0.25, 0.3) is 0 Å². The maximum Gasteiger partial charge on any atom is 0.255 e. The summed E-state index contributed by atoms with van der Waals surface area (Å²) < 4.78 is 25.9. The van der Waals surface area contributed by atoms with E-state index in [0.717, 1.165) is 26.9 Å². The number of carbonyl (C=O) groups is 1. The van der Waals surface area contributed by atoms with Gasteiger partial charge in [-0.1, -0.05) is 6.07 Å². The summed E-state index contributed by atoms with van der Waals surface area (Å²) in [7, 11) is -0.667. The summed E-state index contributed by atoms with van der Waals surface area (Å²) in [6.07, 6.45) is 0. The number of aromatic nitrogens is 2. The van der Waals surface area contributed by atoms with Gasteiger partial charge in [-0.15, -0.1) is 0 Å². The molecule has 0 fully saturated rings. The summed E-state index contributed by atoms with van der Waals surface area (Å²) in [5.41, 5.74) is 4.11. The number of hydrogen-bond donors (Lipinski definition) is 2. The fourth-order valence-corrected chi connectivity index (χ4v) is 3.85. The second kappa shape index (κ2) is 8.83. The first-order valence-electron chi connectivity index (χ1n) is 9.60. The molecule has 0 atom stereocenters. The van der Waals surface area contributed by atoms with Gasteiger partial charge in [0.2, 0.25) is 16.0 Å². The van der Waals surface area contributed by atoms with E-state index in [4.69, 9.17) is 0 Å². The van der Waals surface area contributed by atoms with E-state index in [1.807, 2.05) is 19.9 Å². The summed E-state index contributed by atoms with van der Waals surface area (Å²) in [4.78, 5) is 21.5. The van der Waals surface area contributed by atoms with E-state index in [-0.39, 0.29) is 10.8 Å². The van der Waals surface area contributed by atoms with Crippen molar-refractivity contribution in [3.8, 4) is 0 Å². The number of anilines is 3. The van der Waals surface area contributed by atoms with Crippen LogP contribution in [-0.2, 0) is 10.0 Å². The Morgan fingerprint density at radius 2 is 1.52 bits per heavy atom. The number of carbonyl (C=O) groups excluding carboxylic acids is 1. The van der Waals surface area contributed by atoms with Gasteiger partial charge in [0.1, 0.15) is 0 Å². The molecule has 1 aromatic heterocycles. The minimum absolute atomic E-state index is 0.117. The Kier molecular flexibility index (Phi) is 6.37. The van der Waals surface area contributed by atoms with Crippen molar-refractivity contribution in [3.05, 3.63) is 71.0 Å². The monoisotopic (exact) mass is 439 g/mol. The molecule has 1 amide bonds. The molecule has 3 rings (SSSR count). The average molecular weight is 440 g/mol. The van der Waals surface area contributed by atoms with Gasteiger partial charge in [-0.2, -0.15) is 0 Å². The van der Waals surface area contributed by atoms with Gasteiger partial charge in [0.25, 0.3) is 5.91 Å². The van der Waals surface area contributed by atoms with Crippen molar-refractivity contribution in [2.24, 2.45) is 0 Å². The molecule has 0 unspecified atom stereocenters. The molecule has 2 N–H and O–H groups in total. The predicted molar refractivity (Wildman–Crippen MR) is 121 cm³/mol. The lowest BCUT2D eigenvalue weighted by molar-refractivity contribution is 0.102. The van der Waals surface area contributed by atoms with Crippen molar-refractivity contribution in [1.29, 1.82) is 0 Å². The van der Waals surface area contributed by atoms with Crippen molar-refractivity contribution in [3.63, 3.8) is 0 Å². The maximum absolute atomic E-state index is 12.7. The van der Waals surface area contributed by atoms with Gasteiger partial charge < -0.3 is 10.6 Å². The average Bonchev–Trinajstić information content (AvgIpc) is 2.69. The first-order valence-corrected chi connectivity index (χ1v) is 11.0. The number of nitrogens with zero attached hydrogens (tertiary/aromatic N) is 3. The first kappa shape index (κ1) is 22.4. The molecule has 0 saturated carbocycles. The van der Waals surface area contributed by atoms with Crippen LogP contribution in [0.4, 0.5) is 17.3 Å². The van der Waals surface area contributed by atoms with Gasteiger partial charge >= 0.3 is 0 Å². The van der Waals surface area contributed by atoms with Crippen LogP contribution in [0.5, 0.6) is 0 Å². The number of nitrogens with one attached hydrogen (secondary N) is 2. The second-order valence-corrected chi connectivity index (χ2v) is 9.55. The van der Waals surface area contributed by atoms with E-state index in [1.165, 1.54) is 26.2 Å². The van der Waals surface area contributed by atoms with Crippen LogP contribution < -0.4 is 10.6 Å². The standard InChI is InChI=1S/C22H25N5O3S/c1-14-6-11-19(31(29,30)27(4)5)13-20(14)26-21(28)17-7-9-18(10-8-17)25-22-23-15(2)12-16(3)24-22/h6-13H,1-5H3,(H,26,28)(H,23,24,25). The van der Waals surface area contributed by atoms with Crippen LogP contribution in [0.15, 0.2) is 53.4 Å². The number of hydrogen-bond acceptors (Lipinski definition) is 6. The molecule has 0 bridgehead atoms. The minimum atomic E-state index is -3.60. The van der Waals surface area contributed by atoms with Gasteiger partial charge in [0, 0.05) is 42.4 Å². The van der Waals surface area contributed by atoms with Gasteiger partial charge in [0.05, 0.1) is 4.90 Å². The largest absolute Gasteiger partial charge is 0.324 e. The van der Waals surface area contributed by atoms with Gasteiger partial charge in [-0.3, -0.25) is 4.79 Å². The normalized spacial score (nSPS) is 11.4. The molecule has 0 aliphatic heterocycles. The lowest BCUT2D eigenvalue weighted by Gasteiger charge is -2.14. The minimum Gasteiger partial charge on any atom is -0.324 e. The van der Waals surface area contributed by atoms with Gasteiger partial charge in [-0.25, -0.2) is 22.7 Å². The number of amides is 1. The van der Waals surface area contributed by atoms with E-state index in [1.54, 1.807) is 37.3 Å². The molecule has 0 radical (unpaired) electrons. The molecule has 0 spiro atoms. The van der Waals surface area contributed by atoms with Crippen LogP contribution >= 0.6 is 0 Å². The van der Waals surface area contributed by atoms with Gasteiger partial charge in [-0.05, 0) is 68.8 Å². The van der Waals surface area contributed by atoms with Crippen molar-refractivity contribution in [2.45, 2.75) is 25.7 Å². The van der Waals surface area contributed by atoms with Crippen molar-refractivity contribution in [1.82, 2.24) is 14.3 Å². The zero-order valence-electron chi connectivity index (χ0n) is 18.1. The Labute approximate surface area is 182 Å². The molecule has 0 aliphatic rings. The summed E-state index contributed by atoms with van der Waals surface area (Å²) >= 11 is 0. The van der Waals surface area contributed by atoms with E-state index in [2.05, 4.69) is 20.6 Å². The molecular formula is C22H25N5O3S. The molecule has 2 aromatic carbocycles. The van der Waals surface area contributed by atoms with Crippen molar-refractivity contribution < 1.29 is 13.2 Å². The zero-order valence-corrected chi connectivity index (χ0v) is 18.9. The summed E-state index contributed by atoms with van der Waals surface area (Å²) in [6, 6.07) is 13.4.